The number of carbonyl (C=O) groups excluding carboxylic acids is 2. The van der Waals surface area contributed by atoms with Crippen LogP contribution in [0.5, 0.6) is 5.75 Å². The Morgan fingerprint density at radius 2 is 1.55 bits per heavy atom. The van der Waals surface area contributed by atoms with E-state index in [-0.39, 0.29) is 30.1 Å². The largest absolute Gasteiger partial charge is 0.511 e. The fourth-order valence-electron chi connectivity index (χ4n) is 8.09. The van der Waals surface area contributed by atoms with Crippen LogP contribution in [0.4, 0.5) is 25.0 Å². The average molecular weight is 859 g/mol. The van der Waals surface area contributed by atoms with Crippen molar-refractivity contribution in [1.29, 1.82) is 0 Å². The topological polar surface area (TPSA) is 157 Å². The van der Waals surface area contributed by atoms with Crippen molar-refractivity contribution in [3.8, 4) is 11.4 Å². The van der Waals surface area contributed by atoms with E-state index in [1.54, 1.807) is 17.9 Å². The lowest BCUT2D eigenvalue weighted by Crippen LogP contribution is -2.46. The van der Waals surface area contributed by atoms with Gasteiger partial charge in [0.2, 0.25) is 6.29 Å². The maximum absolute atomic E-state index is 15.0. The second-order valence-electron chi connectivity index (χ2n) is 15.6. The minimum atomic E-state index is -1.11. The molecule has 2 aliphatic heterocycles. The number of ether oxygens (including phenoxy) is 5. The predicted molar refractivity (Wildman–Crippen MR) is 223 cm³/mol. The van der Waals surface area contributed by atoms with Crippen LogP contribution in [0.3, 0.4) is 0 Å². The van der Waals surface area contributed by atoms with E-state index in [1.165, 1.54) is 41.0 Å². The molecule has 0 aliphatic carbocycles. The molecule has 7 rings (SSSR count). The van der Waals surface area contributed by atoms with Crippen molar-refractivity contribution in [3.63, 3.8) is 0 Å². The predicted octanol–water partition coefficient (Wildman–Crippen LogP) is 6.42. The first-order valence-corrected chi connectivity index (χ1v) is 20.9. The van der Waals surface area contributed by atoms with Crippen molar-refractivity contribution in [2.24, 2.45) is 5.92 Å². The van der Waals surface area contributed by atoms with Gasteiger partial charge in [-0.05, 0) is 80.8 Å². The standard InChI is InChI=1S/C44H52F2N8O8/c1-5-7-41(55)61-31(4)62-43(57)60-30(3)40(6-2)54-42(56)53(29-49-54)36-11-9-34(10-12-36)50-18-20-51(21-19-50)35-13-15-37(16-14-35)58-24-32-23-44(59-25-32,26-52-28-47-27-48-52)38-17-8-33(45)22-39(38)46/h8-17,22,27-32,40H,5-7,18-21,23-26H2,1-4H3/t30?,31?,32-,40+,44+/m1/s1. The molecule has 2 unspecified atom stereocenters. The van der Waals surface area contributed by atoms with Gasteiger partial charge < -0.3 is 33.5 Å². The number of anilines is 2. The Bertz CT molecular complexity index is 2320. The lowest BCUT2D eigenvalue weighted by molar-refractivity contribution is -0.169. The maximum atomic E-state index is 15.0. The average Bonchev–Trinajstić information content (AvgIpc) is 4.02. The molecule has 2 saturated heterocycles. The Morgan fingerprint density at radius 1 is 0.871 bits per heavy atom. The normalized spacial score (nSPS) is 19.2. The Morgan fingerprint density at radius 3 is 2.18 bits per heavy atom. The van der Waals surface area contributed by atoms with Crippen molar-refractivity contribution >= 4 is 23.5 Å². The molecule has 0 saturated carbocycles. The van der Waals surface area contributed by atoms with E-state index >= 15 is 4.39 Å². The van der Waals surface area contributed by atoms with E-state index < -0.39 is 47.8 Å². The van der Waals surface area contributed by atoms with Gasteiger partial charge in [-0.25, -0.2) is 37.3 Å². The third-order valence-electron chi connectivity index (χ3n) is 11.2. The summed E-state index contributed by atoms with van der Waals surface area (Å²) < 4.78 is 61.1. The Labute approximate surface area is 357 Å². The molecular formula is C44H52F2N8O8. The summed E-state index contributed by atoms with van der Waals surface area (Å²) in [7, 11) is 0. The summed E-state index contributed by atoms with van der Waals surface area (Å²) in [6.07, 6.45) is 3.24. The molecule has 330 valence electrons. The molecule has 4 heterocycles. The van der Waals surface area contributed by atoms with Crippen molar-refractivity contribution in [2.45, 2.75) is 84.0 Å². The summed E-state index contributed by atoms with van der Waals surface area (Å²) in [5.74, 6) is -1.11. The van der Waals surface area contributed by atoms with E-state index in [1.807, 2.05) is 62.4 Å². The van der Waals surface area contributed by atoms with Crippen molar-refractivity contribution in [1.82, 2.24) is 29.1 Å². The smallest absolute Gasteiger partial charge is 0.493 e. The highest BCUT2D eigenvalue weighted by atomic mass is 19.1. The minimum absolute atomic E-state index is 0.0359. The number of benzene rings is 3. The van der Waals surface area contributed by atoms with Gasteiger partial charge in [-0.2, -0.15) is 10.2 Å². The van der Waals surface area contributed by atoms with Gasteiger partial charge in [-0.1, -0.05) is 19.9 Å². The van der Waals surface area contributed by atoms with Gasteiger partial charge in [0, 0.05) is 68.4 Å². The summed E-state index contributed by atoms with van der Waals surface area (Å²) in [5.41, 5.74) is 1.61. The summed E-state index contributed by atoms with van der Waals surface area (Å²) >= 11 is 0. The Balaban J connectivity index is 0.889. The Hall–Kier alpha value is -6.30. The van der Waals surface area contributed by atoms with Gasteiger partial charge in [0.15, 0.2) is 0 Å². The van der Waals surface area contributed by atoms with E-state index in [0.29, 0.717) is 43.9 Å². The van der Waals surface area contributed by atoms with E-state index in [9.17, 15) is 18.8 Å². The maximum Gasteiger partial charge on any atom is 0.511 e. The van der Waals surface area contributed by atoms with E-state index in [2.05, 4.69) is 25.0 Å². The van der Waals surface area contributed by atoms with Gasteiger partial charge >= 0.3 is 17.8 Å². The molecule has 0 radical (unpaired) electrons. The number of hydrogen-bond donors (Lipinski definition) is 0. The highest BCUT2D eigenvalue weighted by Gasteiger charge is 2.44. The van der Waals surface area contributed by atoms with Crippen LogP contribution in [-0.2, 0) is 35.9 Å². The minimum Gasteiger partial charge on any atom is -0.493 e. The number of nitrogens with zero attached hydrogens (tertiary/aromatic N) is 8. The zero-order chi connectivity index (χ0) is 43.8. The molecule has 3 aromatic carbocycles. The lowest BCUT2D eigenvalue weighted by atomic mass is 9.87. The van der Waals surface area contributed by atoms with Crippen LogP contribution in [0.25, 0.3) is 5.69 Å². The molecule has 5 atom stereocenters. The SMILES string of the molecule is CCCC(=O)OC(C)OC(=O)OC(C)[C@H](CC)n1ncn(-c2ccc(N3CCN(c4ccc(OC[C@@H]5CO[C@@](Cn6cncn6)(c6ccc(F)cc6F)C5)cc4)CC3)cc2)c1=O. The van der Waals surface area contributed by atoms with Crippen LogP contribution >= 0.6 is 0 Å². The van der Waals surface area contributed by atoms with Crippen LogP contribution in [0.2, 0.25) is 0 Å². The molecule has 2 aromatic heterocycles. The van der Waals surface area contributed by atoms with Crippen LogP contribution < -0.4 is 20.2 Å². The highest BCUT2D eigenvalue weighted by Crippen LogP contribution is 2.42. The van der Waals surface area contributed by atoms with E-state index in [0.717, 1.165) is 43.6 Å². The third kappa shape index (κ3) is 10.2. The second kappa shape index (κ2) is 19.6. The fourth-order valence-corrected chi connectivity index (χ4v) is 8.09. The van der Waals surface area contributed by atoms with Gasteiger partial charge in [0.25, 0.3) is 0 Å². The second-order valence-corrected chi connectivity index (χ2v) is 15.6. The lowest BCUT2D eigenvalue weighted by Gasteiger charge is -2.37. The quantitative estimate of drug-likeness (QED) is 0.0746. The van der Waals surface area contributed by atoms with Gasteiger partial charge in [0.1, 0.15) is 48.1 Å². The molecule has 18 heteroatoms. The zero-order valence-electron chi connectivity index (χ0n) is 35.3. The summed E-state index contributed by atoms with van der Waals surface area (Å²) in [6.45, 7) is 10.9. The molecule has 16 nitrogen and oxygen atoms in total. The number of aromatic nitrogens is 6. The van der Waals surface area contributed by atoms with Crippen molar-refractivity contribution < 1.29 is 42.1 Å². The number of carbonyl (C=O) groups is 2. The summed E-state index contributed by atoms with van der Waals surface area (Å²) in [5, 5.41) is 8.52. The van der Waals surface area contributed by atoms with Gasteiger partial charge in [-0.15, -0.1) is 0 Å². The number of esters is 1. The van der Waals surface area contributed by atoms with Crippen LogP contribution in [0.15, 0.2) is 90.5 Å². The van der Waals surface area contributed by atoms with Crippen LogP contribution in [0.1, 0.15) is 65.0 Å². The number of halogens is 2. The number of hydrogen-bond acceptors (Lipinski definition) is 13. The summed E-state index contributed by atoms with van der Waals surface area (Å²) in [4.78, 5) is 46.2. The third-order valence-corrected chi connectivity index (χ3v) is 11.2. The molecule has 5 aromatic rings. The molecule has 2 aliphatic rings. The molecule has 0 spiro atoms. The molecule has 0 amide bonds. The van der Waals surface area contributed by atoms with Crippen molar-refractivity contribution in [3.05, 3.63) is 113 Å². The van der Waals surface area contributed by atoms with Gasteiger partial charge in [-0.3, -0.25) is 4.79 Å². The zero-order valence-corrected chi connectivity index (χ0v) is 35.3. The van der Waals surface area contributed by atoms with Crippen LogP contribution in [0, 0.1) is 17.6 Å². The van der Waals surface area contributed by atoms with Crippen molar-refractivity contribution in [2.75, 3.05) is 49.2 Å². The highest BCUT2D eigenvalue weighted by molar-refractivity contribution is 5.69. The van der Waals surface area contributed by atoms with E-state index in [4.69, 9.17) is 23.7 Å². The number of rotatable bonds is 17. The molecular weight excluding hydrogens is 807 g/mol. The number of piperazine rings is 1. The van der Waals surface area contributed by atoms with Gasteiger partial charge in [0.05, 0.1) is 31.5 Å². The summed E-state index contributed by atoms with van der Waals surface area (Å²) in [6, 6.07) is 18.7. The molecule has 62 heavy (non-hydrogen) atoms. The Kier molecular flexibility index (Phi) is 13.8. The first kappa shape index (κ1) is 43.8. The fraction of sp³-hybridized carbons (Fsp3) is 0.455. The monoisotopic (exact) mass is 858 g/mol. The molecule has 0 N–H and O–H groups in total. The first-order chi connectivity index (χ1) is 29.9. The molecule has 0 bridgehead atoms. The molecule has 2 fully saturated rings. The first-order valence-electron chi connectivity index (χ1n) is 20.9. The van der Waals surface area contributed by atoms with Crippen LogP contribution in [-0.4, -0.2) is 93.0 Å².